The van der Waals surface area contributed by atoms with Gasteiger partial charge in [-0.2, -0.15) is 0 Å². The minimum atomic E-state index is -4.78. The molecule has 1 atom stereocenters. The molecule has 1 aromatic heterocycles. The second-order valence-corrected chi connectivity index (χ2v) is 6.35. The van der Waals surface area contributed by atoms with Crippen LogP contribution in [0.25, 0.3) is 11.3 Å². The Hall–Kier alpha value is -2.22. The molecule has 25 heavy (non-hydrogen) atoms. The summed E-state index contributed by atoms with van der Waals surface area (Å²) < 4.78 is 40.7. The largest absolute Gasteiger partial charge is 0.573 e. The number of nitrogens with zero attached hydrogens (tertiary/aromatic N) is 2. The van der Waals surface area contributed by atoms with Crippen molar-refractivity contribution in [3.63, 3.8) is 0 Å². The van der Waals surface area contributed by atoms with Crippen LogP contribution in [0.15, 0.2) is 24.5 Å². The van der Waals surface area contributed by atoms with Crippen molar-refractivity contribution in [2.24, 2.45) is 5.92 Å². The molecular weight excluding hydrogens is 357 g/mol. The van der Waals surface area contributed by atoms with E-state index in [-0.39, 0.29) is 11.1 Å². The number of anilines is 2. The second kappa shape index (κ2) is 6.59. The first-order chi connectivity index (χ1) is 11.7. The van der Waals surface area contributed by atoms with Gasteiger partial charge in [-0.1, -0.05) is 11.6 Å². The smallest absolute Gasteiger partial charge is 0.406 e. The van der Waals surface area contributed by atoms with Crippen LogP contribution in [0.1, 0.15) is 19.8 Å². The summed E-state index contributed by atoms with van der Waals surface area (Å²) in [4.78, 5) is 8.26. The highest BCUT2D eigenvalue weighted by atomic mass is 35.5. The van der Waals surface area contributed by atoms with Gasteiger partial charge >= 0.3 is 6.36 Å². The molecule has 1 unspecified atom stereocenters. The Morgan fingerprint density at radius 2 is 2.04 bits per heavy atom. The van der Waals surface area contributed by atoms with E-state index in [0.717, 1.165) is 12.1 Å². The molecule has 0 amide bonds. The summed E-state index contributed by atoms with van der Waals surface area (Å²) in [7, 11) is 0. The van der Waals surface area contributed by atoms with Crippen LogP contribution in [0.4, 0.5) is 24.7 Å². The number of rotatable bonds is 5. The number of nitrogens with one attached hydrogen (secondary N) is 1. The maximum Gasteiger partial charge on any atom is 0.573 e. The molecule has 0 aliphatic heterocycles. The van der Waals surface area contributed by atoms with E-state index in [2.05, 4.69) is 26.9 Å². The van der Waals surface area contributed by atoms with Crippen LogP contribution in [-0.2, 0) is 0 Å². The van der Waals surface area contributed by atoms with Gasteiger partial charge < -0.3 is 15.8 Å². The van der Waals surface area contributed by atoms with Crippen molar-refractivity contribution in [2.75, 3.05) is 11.1 Å². The van der Waals surface area contributed by atoms with Crippen molar-refractivity contribution in [3.8, 4) is 17.0 Å². The standard InChI is InChI=1S/C16H16ClF3N4O/c1-8(9-2-3-9)24-15-13(21)14(22-7-23-15)11-5-4-10(6-12(11)17)25-16(18,19)20/h4-9H,2-3,21H2,1H3,(H,22,23,24). The van der Waals surface area contributed by atoms with Crippen LogP contribution in [0, 0.1) is 5.92 Å². The maximum absolute atomic E-state index is 12.3. The van der Waals surface area contributed by atoms with Gasteiger partial charge in [-0.15, -0.1) is 13.2 Å². The number of aromatic nitrogens is 2. The van der Waals surface area contributed by atoms with Crippen molar-refractivity contribution in [2.45, 2.75) is 32.2 Å². The van der Waals surface area contributed by atoms with Gasteiger partial charge in [0.2, 0.25) is 0 Å². The number of ether oxygens (including phenoxy) is 1. The van der Waals surface area contributed by atoms with Gasteiger partial charge in [0.25, 0.3) is 0 Å². The molecule has 1 fully saturated rings. The normalized spacial score (nSPS) is 15.7. The minimum Gasteiger partial charge on any atom is -0.406 e. The highest BCUT2D eigenvalue weighted by molar-refractivity contribution is 6.33. The van der Waals surface area contributed by atoms with Gasteiger partial charge in [-0.3, -0.25) is 0 Å². The van der Waals surface area contributed by atoms with Crippen molar-refractivity contribution < 1.29 is 17.9 Å². The first kappa shape index (κ1) is 17.6. The predicted molar refractivity (Wildman–Crippen MR) is 89.4 cm³/mol. The zero-order valence-corrected chi connectivity index (χ0v) is 14.0. The molecule has 1 heterocycles. The lowest BCUT2D eigenvalue weighted by Gasteiger charge is -2.17. The molecular formula is C16H16ClF3N4O. The van der Waals surface area contributed by atoms with Gasteiger partial charge in [-0.05, 0) is 43.9 Å². The molecule has 3 N–H and O–H groups in total. The maximum atomic E-state index is 12.3. The molecule has 9 heteroatoms. The van der Waals surface area contributed by atoms with Crippen molar-refractivity contribution in [1.82, 2.24) is 9.97 Å². The first-order valence-corrected chi connectivity index (χ1v) is 8.05. The average Bonchev–Trinajstić information content (AvgIpc) is 3.33. The number of hydrogen-bond donors (Lipinski definition) is 2. The molecule has 1 aliphatic rings. The lowest BCUT2D eigenvalue weighted by molar-refractivity contribution is -0.274. The quantitative estimate of drug-likeness (QED) is 0.809. The van der Waals surface area contributed by atoms with Crippen molar-refractivity contribution >= 4 is 23.1 Å². The number of benzene rings is 1. The average molecular weight is 373 g/mol. The van der Waals surface area contributed by atoms with Crippen LogP contribution < -0.4 is 15.8 Å². The molecule has 0 saturated heterocycles. The fraction of sp³-hybridized carbons (Fsp3) is 0.375. The fourth-order valence-electron chi connectivity index (χ4n) is 2.54. The van der Waals surface area contributed by atoms with E-state index in [0.29, 0.717) is 28.7 Å². The van der Waals surface area contributed by atoms with E-state index in [1.807, 2.05) is 0 Å². The van der Waals surface area contributed by atoms with E-state index in [9.17, 15) is 13.2 Å². The lowest BCUT2D eigenvalue weighted by atomic mass is 10.1. The predicted octanol–water partition coefficient (Wildman–Crippen LogP) is 4.49. The van der Waals surface area contributed by atoms with Crippen molar-refractivity contribution in [1.29, 1.82) is 0 Å². The number of halogens is 4. The van der Waals surface area contributed by atoms with Gasteiger partial charge in [0, 0.05) is 11.6 Å². The molecule has 1 aromatic carbocycles. The Balaban J connectivity index is 1.88. The molecule has 134 valence electrons. The van der Waals surface area contributed by atoms with E-state index >= 15 is 0 Å². The lowest BCUT2D eigenvalue weighted by Crippen LogP contribution is -2.19. The molecule has 5 nitrogen and oxygen atoms in total. The number of hydrogen-bond acceptors (Lipinski definition) is 5. The van der Waals surface area contributed by atoms with Crippen molar-refractivity contribution in [3.05, 3.63) is 29.5 Å². The van der Waals surface area contributed by atoms with Crippen LogP contribution in [0.3, 0.4) is 0 Å². The number of nitrogen functional groups attached to an aromatic ring is 1. The van der Waals surface area contributed by atoms with Crippen LogP contribution in [0.2, 0.25) is 5.02 Å². The highest BCUT2D eigenvalue weighted by Gasteiger charge is 2.31. The monoisotopic (exact) mass is 372 g/mol. The minimum absolute atomic E-state index is 0.0494. The second-order valence-electron chi connectivity index (χ2n) is 5.94. The van der Waals surface area contributed by atoms with Gasteiger partial charge in [0.1, 0.15) is 23.5 Å². The zero-order valence-electron chi connectivity index (χ0n) is 13.3. The molecule has 3 rings (SSSR count). The topological polar surface area (TPSA) is 73.1 Å². The van der Waals surface area contributed by atoms with Gasteiger partial charge in [-0.25, -0.2) is 9.97 Å². The Bertz CT molecular complexity index is 780. The highest BCUT2D eigenvalue weighted by Crippen LogP contribution is 2.38. The van der Waals surface area contributed by atoms with Crippen LogP contribution in [0.5, 0.6) is 5.75 Å². The molecule has 1 saturated carbocycles. The summed E-state index contributed by atoms with van der Waals surface area (Å²) in [6.45, 7) is 2.05. The van der Waals surface area contributed by atoms with E-state index in [4.69, 9.17) is 17.3 Å². The molecule has 0 bridgehead atoms. The van der Waals surface area contributed by atoms with Crippen LogP contribution >= 0.6 is 11.6 Å². The van der Waals surface area contributed by atoms with E-state index in [1.54, 1.807) is 0 Å². The first-order valence-electron chi connectivity index (χ1n) is 7.67. The summed E-state index contributed by atoms with van der Waals surface area (Å²) in [5.41, 5.74) is 7.18. The summed E-state index contributed by atoms with van der Waals surface area (Å²) in [5, 5.41) is 3.30. The summed E-state index contributed by atoms with van der Waals surface area (Å²) >= 11 is 6.10. The summed E-state index contributed by atoms with van der Waals surface area (Å²) in [6, 6.07) is 3.85. The third-order valence-electron chi connectivity index (χ3n) is 4.01. The van der Waals surface area contributed by atoms with Crippen LogP contribution in [-0.4, -0.2) is 22.4 Å². The third kappa shape index (κ3) is 4.25. The third-order valence-corrected chi connectivity index (χ3v) is 4.32. The molecule has 0 radical (unpaired) electrons. The van der Waals surface area contributed by atoms with E-state index < -0.39 is 12.1 Å². The Labute approximate surface area is 147 Å². The zero-order chi connectivity index (χ0) is 18.2. The summed E-state index contributed by atoms with van der Waals surface area (Å²) in [5.74, 6) is 0.672. The van der Waals surface area contributed by atoms with Gasteiger partial charge in [0.05, 0.1) is 5.02 Å². The molecule has 1 aliphatic carbocycles. The Morgan fingerprint density at radius 3 is 2.64 bits per heavy atom. The fourth-order valence-corrected chi connectivity index (χ4v) is 2.80. The Morgan fingerprint density at radius 1 is 1.32 bits per heavy atom. The van der Waals surface area contributed by atoms with Gasteiger partial charge in [0.15, 0.2) is 5.82 Å². The number of alkyl halides is 3. The van der Waals surface area contributed by atoms with E-state index in [1.165, 1.54) is 25.2 Å². The molecule has 0 spiro atoms. The molecule has 2 aromatic rings. The SMILES string of the molecule is CC(Nc1ncnc(-c2ccc(OC(F)(F)F)cc2Cl)c1N)C1CC1. The Kier molecular flexibility index (Phi) is 4.64. The number of nitrogens with two attached hydrogens (primary N) is 1. The summed E-state index contributed by atoms with van der Waals surface area (Å²) in [6.07, 6.45) is -1.12.